The number of carbonyl (C=O) groups is 5. The minimum Gasteiger partial charge on any atom is -0.480 e. The lowest BCUT2D eigenvalue weighted by atomic mass is 10.0. The summed E-state index contributed by atoms with van der Waals surface area (Å²) in [6.07, 6.45) is -0.287. The molecule has 5 atom stereocenters. The lowest BCUT2D eigenvalue weighted by Crippen LogP contribution is -2.60. The van der Waals surface area contributed by atoms with Gasteiger partial charge in [-0.25, -0.2) is 4.79 Å². The lowest BCUT2D eigenvalue weighted by molar-refractivity contribution is -0.142. The van der Waals surface area contributed by atoms with E-state index in [-0.39, 0.29) is 25.2 Å². The zero-order valence-corrected chi connectivity index (χ0v) is 21.6. The predicted octanol–water partition coefficient (Wildman–Crippen LogP) is -1.12. The molecule has 0 aliphatic rings. The van der Waals surface area contributed by atoms with Gasteiger partial charge in [0.15, 0.2) is 0 Å². The first kappa shape index (κ1) is 30.3. The van der Waals surface area contributed by atoms with E-state index in [2.05, 4.69) is 20.9 Å². The number of carbonyl (C=O) groups excluding carboxylic acids is 4. The fourth-order valence-electron chi connectivity index (χ4n) is 3.77. The molecular weight excluding hydrogens is 496 g/mol. The highest BCUT2D eigenvalue weighted by Gasteiger charge is 2.33. The van der Waals surface area contributed by atoms with E-state index in [1.54, 1.807) is 26.1 Å². The van der Waals surface area contributed by atoms with Crippen LogP contribution < -0.4 is 27.4 Å². The third-order valence-electron chi connectivity index (χ3n) is 6.11. The van der Waals surface area contributed by atoms with Crippen LogP contribution in [0.15, 0.2) is 30.5 Å². The zero-order valence-electron chi connectivity index (χ0n) is 21.6. The van der Waals surface area contributed by atoms with Gasteiger partial charge < -0.3 is 42.6 Å². The Morgan fingerprint density at radius 1 is 0.947 bits per heavy atom. The van der Waals surface area contributed by atoms with Crippen molar-refractivity contribution in [1.29, 1.82) is 0 Å². The van der Waals surface area contributed by atoms with Crippen molar-refractivity contribution in [3.63, 3.8) is 0 Å². The van der Waals surface area contributed by atoms with E-state index < -0.39 is 59.9 Å². The number of hydrogen-bond donors (Lipinski definition) is 8. The third-order valence-corrected chi connectivity index (χ3v) is 6.11. The summed E-state index contributed by atoms with van der Waals surface area (Å²) >= 11 is 0. The van der Waals surface area contributed by atoms with Crippen LogP contribution in [-0.2, 0) is 30.4 Å². The number of H-pyrrole nitrogens is 1. The molecule has 2 aromatic rings. The number of carboxylic acids is 1. The van der Waals surface area contributed by atoms with Gasteiger partial charge in [0, 0.05) is 29.9 Å². The van der Waals surface area contributed by atoms with Gasteiger partial charge in [-0.15, -0.1) is 0 Å². The quantitative estimate of drug-likeness (QED) is 0.148. The number of hydrogen-bond acceptors (Lipinski definition) is 7. The van der Waals surface area contributed by atoms with E-state index in [1.165, 1.54) is 6.92 Å². The van der Waals surface area contributed by atoms with Crippen molar-refractivity contribution in [2.45, 2.75) is 70.3 Å². The molecule has 1 aromatic carbocycles. The Morgan fingerprint density at radius 3 is 2.16 bits per heavy atom. The van der Waals surface area contributed by atoms with E-state index in [0.717, 1.165) is 10.9 Å². The number of aliphatic hydroxyl groups excluding tert-OH is 1. The number of amides is 4. The van der Waals surface area contributed by atoms with Crippen molar-refractivity contribution in [2.75, 3.05) is 0 Å². The molecule has 2 rings (SSSR count). The number of aliphatic carboxylic acids is 1. The monoisotopic (exact) mass is 532 g/mol. The summed E-state index contributed by atoms with van der Waals surface area (Å²) in [6, 6.07) is 2.13. The summed E-state index contributed by atoms with van der Waals surface area (Å²) in [5, 5.41) is 27.8. The molecule has 1 aromatic heterocycles. The number of aromatic amines is 1. The number of para-hydroxylation sites is 1. The Kier molecular flexibility index (Phi) is 10.8. The summed E-state index contributed by atoms with van der Waals surface area (Å²) in [5.74, 6) is -4.76. The Morgan fingerprint density at radius 2 is 1.58 bits per heavy atom. The second kappa shape index (κ2) is 13.5. The van der Waals surface area contributed by atoms with Crippen LogP contribution in [0.25, 0.3) is 10.9 Å². The molecule has 5 unspecified atom stereocenters. The summed E-state index contributed by atoms with van der Waals surface area (Å²) in [4.78, 5) is 64.8. The Bertz CT molecular complexity index is 1160. The Labute approximate surface area is 219 Å². The molecule has 0 radical (unpaired) electrons. The molecule has 0 saturated heterocycles. The molecule has 0 bridgehead atoms. The maximum absolute atomic E-state index is 13.1. The van der Waals surface area contributed by atoms with Gasteiger partial charge in [-0.1, -0.05) is 32.0 Å². The Hall–Kier alpha value is -3.97. The van der Waals surface area contributed by atoms with Crippen LogP contribution in [0.1, 0.15) is 39.2 Å². The van der Waals surface area contributed by atoms with Gasteiger partial charge in [0.05, 0.1) is 12.1 Å². The molecule has 0 aliphatic heterocycles. The molecule has 1 heterocycles. The zero-order chi connectivity index (χ0) is 28.6. The number of nitrogens with one attached hydrogen (secondary N) is 4. The molecule has 10 N–H and O–H groups in total. The number of rotatable bonds is 14. The molecule has 13 nitrogen and oxygen atoms in total. The van der Waals surface area contributed by atoms with Gasteiger partial charge in [0.1, 0.15) is 18.1 Å². The van der Waals surface area contributed by atoms with Gasteiger partial charge >= 0.3 is 5.97 Å². The standard InChI is InChI=1S/C25H36N6O7/c1-12(2)20(27)23(35)31-21(13(3)32)24(36)29-17(8-9-19(26)33)22(34)30-18(25(37)38)10-14-11-28-16-7-5-4-6-15(14)16/h4-7,11-13,17-18,20-21,28,32H,8-10,27H2,1-3H3,(H2,26,33)(H,29,36)(H,30,34)(H,31,35)(H,37,38). The van der Waals surface area contributed by atoms with Crippen molar-refractivity contribution in [3.05, 3.63) is 36.0 Å². The highest BCUT2D eigenvalue weighted by molar-refractivity contribution is 5.95. The van der Waals surface area contributed by atoms with Crippen LogP contribution in [0, 0.1) is 5.92 Å². The highest BCUT2D eigenvalue weighted by Crippen LogP contribution is 2.19. The van der Waals surface area contributed by atoms with Gasteiger partial charge in [-0.05, 0) is 30.9 Å². The minimum absolute atomic E-state index is 0.0545. The van der Waals surface area contributed by atoms with Crippen LogP contribution in [-0.4, -0.2) is 75.1 Å². The Balaban J connectivity index is 2.20. The van der Waals surface area contributed by atoms with Crippen LogP contribution in [0.5, 0.6) is 0 Å². The SMILES string of the molecule is CC(C)C(N)C(=O)NC(C(=O)NC(CCC(N)=O)C(=O)NC(Cc1c[nH]c2ccccc12)C(=O)O)C(C)O. The van der Waals surface area contributed by atoms with Crippen molar-refractivity contribution in [1.82, 2.24) is 20.9 Å². The van der Waals surface area contributed by atoms with Crippen molar-refractivity contribution in [3.8, 4) is 0 Å². The maximum atomic E-state index is 13.1. The van der Waals surface area contributed by atoms with Crippen LogP contribution in [0.4, 0.5) is 0 Å². The first-order valence-electron chi connectivity index (χ1n) is 12.2. The average Bonchev–Trinajstić information content (AvgIpc) is 3.26. The van der Waals surface area contributed by atoms with Crippen LogP contribution in [0.3, 0.4) is 0 Å². The normalized spacial score (nSPS) is 15.2. The highest BCUT2D eigenvalue weighted by atomic mass is 16.4. The summed E-state index contributed by atoms with van der Waals surface area (Å²) in [7, 11) is 0. The second-order valence-electron chi connectivity index (χ2n) is 9.53. The number of nitrogens with two attached hydrogens (primary N) is 2. The van der Waals surface area contributed by atoms with Crippen LogP contribution in [0.2, 0.25) is 0 Å². The van der Waals surface area contributed by atoms with Crippen molar-refractivity contribution >= 4 is 40.5 Å². The van der Waals surface area contributed by atoms with Crippen molar-refractivity contribution < 1.29 is 34.2 Å². The van der Waals surface area contributed by atoms with Crippen molar-refractivity contribution in [2.24, 2.45) is 17.4 Å². The average molecular weight is 533 g/mol. The number of aromatic nitrogens is 1. The first-order chi connectivity index (χ1) is 17.8. The fraction of sp³-hybridized carbons (Fsp3) is 0.480. The molecule has 38 heavy (non-hydrogen) atoms. The largest absolute Gasteiger partial charge is 0.480 e. The summed E-state index contributed by atoms with van der Waals surface area (Å²) < 4.78 is 0. The number of benzene rings is 1. The maximum Gasteiger partial charge on any atom is 0.326 e. The minimum atomic E-state index is -1.46. The molecule has 0 saturated carbocycles. The molecule has 4 amide bonds. The topological polar surface area (TPSA) is 230 Å². The molecule has 0 spiro atoms. The van der Waals surface area contributed by atoms with Crippen LogP contribution >= 0.6 is 0 Å². The summed E-state index contributed by atoms with van der Waals surface area (Å²) in [5.41, 5.74) is 12.5. The van der Waals surface area contributed by atoms with Gasteiger partial charge in [0.2, 0.25) is 23.6 Å². The number of aliphatic hydroxyl groups is 1. The smallest absolute Gasteiger partial charge is 0.326 e. The van der Waals surface area contributed by atoms with E-state index in [9.17, 15) is 34.2 Å². The second-order valence-corrected chi connectivity index (χ2v) is 9.53. The molecule has 0 aliphatic carbocycles. The number of primary amides is 1. The summed E-state index contributed by atoms with van der Waals surface area (Å²) in [6.45, 7) is 4.69. The van der Waals surface area contributed by atoms with E-state index >= 15 is 0 Å². The third kappa shape index (κ3) is 8.28. The number of carboxylic acid groups (broad SMARTS) is 1. The van der Waals surface area contributed by atoms with E-state index in [0.29, 0.717) is 5.56 Å². The molecule has 0 fully saturated rings. The molecule has 208 valence electrons. The molecule has 13 heteroatoms. The van der Waals surface area contributed by atoms with Gasteiger partial charge in [0.25, 0.3) is 0 Å². The predicted molar refractivity (Wildman–Crippen MR) is 138 cm³/mol. The fourth-order valence-corrected chi connectivity index (χ4v) is 3.77. The van der Waals surface area contributed by atoms with E-state index in [4.69, 9.17) is 11.5 Å². The first-order valence-corrected chi connectivity index (χ1v) is 12.2. The van der Waals surface area contributed by atoms with E-state index in [1.807, 2.05) is 18.2 Å². The van der Waals surface area contributed by atoms with Gasteiger partial charge in [-0.3, -0.25) is 19.2 Å². The van der Waals surface area contributed by atoms with Gasteiger partial charge in [-0.2, -0.15) is 0 Å². The lowest BCUT2D eigenvalue weighted by Gasteiger charge is -2.27. The number of fused-ring (bicyclic) bond motifs is 1. The molecular formula is C25H36N6O7.